The number of halogens is 5. The molecular weight excluding hydrogens is 860 g/mol. The molecule has 0 unspecified atom stereocenters. The fraction of sp³-hybridized carbons (Fsp3) is 0.324. The van der Waals surface area contributed by atoms with E-state index < -0.39 is 41.4 Å². The van der Waals surface area contributed by atoms with Crippen molar-refractivity contribution in [1.29, 1.82) is 0 Å². The van der Waals surface area contributed by atoms with Crippen LogP contribution in [-0.2, 0) is 22.7 Å². The zero-order valence-corrected chi connectivity index (χ0v) is 34.6. The van der Waals surface area contributed by atoms with Gasteiger partial charge in [-0.05, 0) is 43.5 Å². The highest BCUT2D eigenvalue weighted by Gasteiger charge is 2.42. The zero-order chi connectivity index (χ0) is 45.2. The third-order valence-corrected chi connectivity index (χ3v) is 9.03. The van der Waals surface area contributed by atoms with Gasteiger partial charge < -0.3 is 44.1 Å². The molecule has 4 aromatic rings. The third-order valence-electron chi connectivity index (χ3n) is 8.47. The second-order valence-electron chi connectivity index (χ2n) is 13.3. The highest BCUT2D eigenvalue weighted by Crippen LogP contribution is 2.20. The van der Waals surface area contributed by atoms with E-state index in [2.05, 4.69) is 55.2 Å². The van der Waals surface area contributed by atoms with Gasteiger partial charge in [0.15, 0.2) is 50.9 Å². The monoisotopic (exact) mass is 904 g/mol. The lowest BCUT2D eigenvalue weighted by molar-refractivity contribution is -0.204. The molecule has 4 rings (SSSR count). The Morgan fingerprint density at radius 3 is 1.55 bits per heavy atom. The molecule has 0 atom stereocenters. The number of nitrogens with two attached hydrogens (primary N) is 5. The second kappa shape index (κ2) is 23.4. The molecule has 13 N–H and O–H groups in total. The number of anilines is 4. The summed E-state index contributed by atoms with van der Waals surface area (Å²) in [5, 5.41) is 5.07. The van der Waals surface area contributed by atoms with Crippen molar-refractivity contribution in [1.82, 2.24) is 45.8 Å². The number of hydroxylamine groups is 1. The number of hydrogen-bond acceptors (Lipinski definition) is 14. The molecule has 0 aliphatic carbocycles. The lowest BCUT2D eigenvalue weighted by atomic mass is 10.2. The molecule has 0 saturated heterocycles. The van der Waals surface area contributed by atoms with Crippen LogP contribution in [0.2, 0.25) is 10.3 Å². The Balaban J connectivity index is 1.37. The molecule has 25 heteroatoms. The molecule has 2 aromatic carbocycles. The second-order valence-corrected chi connectivity index (χ2v) is 14.0. The van der Waals surface area contributed by atoms with E-state index in [1.54, 1.807) is 5.48 Å². The molecule has 0 fully saturated rings. The van der Waals surface area contributed by atoms with E-state index in [0.29, 0.717) is 58.7 Å². The maximum atomic E-state index is 12.9. The first-order chi connectivity index (χ1) is 29.5. The number of hydrogen-bond donors (Lipinski definition) is 8. The smallest absolute Gasteiger partial charge is 0.382 e. The van der Waals surface area contributed by atoms with Crippen molar-refractivity contribution in [3.8, 4) is 0 Å². The van der Waals surface area contributed by atoms with E-state index in [0.717, 1.165) is 17.5 Å². The number of amides is 2. The van der Waals surface area contributed by atoms with Crippen molar-refractivity contribution in [3.63, 3.8) is 0 Å². The van der Waals surface area contributed by atoms with Crippen molar-refractivity contribution in [2.45, 2.75) is 38.5 Å². The Kier molecular flexibility index (Phi) is 18.2. The minimum absolute atomic E-state index is 0.0668. The topological polar surface area (TPSA) is 309 Å². The van der Waals surface area contributed by atoms with Gasteiger partial charge >= 0.3 is 24.0 Å². The normalized spacial score (nSPS) is 12.0. The Hall–Kier alpha value is -6.56. The van der Waals surface area contributed by atoms with Gasteiger partial charge in [0, 0.05) is 39.3 Å². The van der Waals surface area contributed by atoms with Crippen LogP contribution < -0.4 is 44.8 Å². The quantitative estimate of drug-likeness (QED) is 0.0308. The van der Waals surface area contributed by atoms with Gasteiger partial charge in [-0.15, -0.1) is 0 Å². The number of carbonyl (C=O) groups is 3. The fourth-order valence-corrected chi connectivity index (χ4v) is 5.83. The van der Waals surface area contributed by atoms with Gasteiger partial charge in [-0.2, -0.15) is 28.6 Å². The molecule has 2 aromatic heterocycles. The first-order valence-corrected chi connectivity index (χ1v) is 19.5. The van der Waals surface area contributed by atoms with E-state index >= 15 is 0 Å². The molecule has 0 radical (unpaired) electrons. The molecule has 0 aliphatic heterocycles. The summed E-state index contributed by atoms with van der Waals surface area (Å²) in [7, 11) is 0. The number of aromatic nitrogens is 4. The fourth-order valence-electron chi connectivity index (χ4n) is 5.57. The molecule has 0 bridgehead atoms. The number of rotatable bonds is 18. The summed E-state index contributed by atoms with van der Waals surface area (Å²) < 4.78 is 38.6. The number of alkyl halides is 3. The number of aliphatic imine (C=N–C) groups is 2. The molecular formula is C37H45Cl2F3N16O4. The molecule has 2 amide bonds. The van der Waals surface area contributed by atoms with Gasteiger partial charge in [-0.25, -0.2) is 24.7 Å². The van der Waals surface area contributed by atoms with Crippen molar-refractivity contribution >= 4 is 76.2 Å². The highest BCUT2D eigenvalue weighted by molar-refractivity contribution is 6.32. The Labute approximate surface area is 363 Å². The summed E-state index contributed by atoms with van der Waals surface area (Å²) in [5.41, 5.74) is 31.7. The summed E-state index contributed by atoms with van der Waals surface area (Å²) >= 11 is 11.7. The minimum Gasteiger partial charge on any atom is -0.382 e. The summed E-state index contributed by atoms with van der Waals surface area (Å²) in [6, 6.07) is 19.7. The molecule has 0 spiro atoms. The first-order valence-electron chi connectivity index (χ1n) is 18.7. The van der Waals surface area contributed by atoms with Gasteiger partial charge in [0.05, 0.1) is 0 Å². The summed E-state index contributed by atoms with van der Waals surface area (Å²) in [6.07, 6.45) is -3.55. The number of nitrogen functional groups attached to an aromatic ring is 4. The molecule has 0 aliphatic rings. The summed E-state index contributed by atoms with van der Waals surface area (Å²) in [4.78, 5) is 68.0. The predicted octanol–water partition coefficient (Wildman–Crippen LogP) is 2.52. The van der Waals surface area contributed by atoms with E-state index in [1.165, 1.54) is 0 Å². The van der Waals surface area contributed by atoms with Gasteiger partial charge in [0.1, 0.15) is 0 Å². The maximum Gasteiger partial charge on any atom is 0.493 e. The summed E-state index contributed by atoms with van der Waals surface area (Å²) in [6.45, 7) is 4.20. The van der Waals surface area contributed by atoms with Crippen molar-refractivity contribution in [2.75, 3.05) is 62.2 Å². The van der Waals surface area contributed by atoms with Crippen LogP contribution in [0.4, 0.5) is 36.4 Å². The van der Waals surface area contributed by atoms with E-state index in [4.69, 9.17) is 51.9 Å². The van der Waals surface area contributed by atoms with Crippen LogP contribution >= 0.6 is 23.2 Å². The third kappa shape index (κ3) is 15.8. The van der Waals surface area contributed by atoms with Crippen LogP contribution in [0.5, 0.6) is 0 Å². The lowest BCUT2D eigenvalue weighted by Gasteiger charge is -2.26. The average Bonchev–Trinajstić information content (AvgIpc) is 3.22. The molecule has 0 saturated carbocycles. The van der Waals surface area contributed by atoms with Crippen molar-refractivity contribution in [3.05, 3.63) is 93.5 Å². The Bertz CT molecular complexity index is 2210. The largest absolute Gasteiger partial charge is 0.493 e. The first kappa shape index (κ1) is 48.1. The van der Waals surface area contributed by atoms with Gasteiger partial charge in [-0.1, -0.05) is 83.9 Å². The van der Waals surface area contributed by atoms with Crippen LogP contribution in [0.3, 0.4) is 0 Å². The number of carbonyl (C=O) groups excluding carboxylic acids is 3. The van der Waals surface area contributed by atoms with Gasteiger partial charge in [0.25, 0.3) is 0 Å². The number of benzene rings is 2. The molecule has 62 heavy (non-hydrogen) atoms. The minimum atomic E-state index is -5.33. The molecule has 2 heterocycles. The maximum absolute atomic E-state index is 12.9. The molecule has 332 valence electrons. The van der Waals surface area contributed by atoms with Crippen molar-refractivity contribution < 1.29 is 32.4 Å². The number of nitrogens with zero attached hydrogens (tertiary/aromatic N) is 8. The van der Waals surface area contributed by atoms with Crippen LogP contribution in [0.15, 0.2) is 70.6 Å². The lowest BCUT2D eigenvalue weighted by Crippen LogP contribution is -2.43. The predicted molar refractivity (Wildman–Crippen MR) is 228 cm³/mol. The van der Waals surface area contributed by atoms with Crippen LogP contribution in [-0.4, -0.2) is 105 Å². The van der Waals surface area contributed by atoms with Crippen molar-refractivity contribution in [2.24, 2.45) is 15.7 Å². The van der Waals surface area contributed by atoms with E-state index in [1.807, 2.05) is 60.7 Å². The van der Waals surface area contributed by atoms with E-state index in [9.17, 15) is 27.6 Å². The SMILES string of the molecule is NC(=NC(=O)c1nc(Cl)c(N)nc1N)NCCCN(CCCN(CCCNC(=NC(=O)c1nc(Cl)c(N)nc1N)NOC(=O)C(F)(F)F)Cc1ccccc1)Cc1ccccc1. The zero-order valence-electron chi connectivity index (χ0n) is 33.0. The standard InChI is InChI=1S/C37H45Cl2F3N16O4/c38-26-30(45)52-28(43)24(50-26)32(59)54-35(47)48-14-7-16-57(20-22-10-3-1-4-11-22)18-9-19-58(21-23-12-5-2-6-13-23)17-8-15-49-36(56-62-34(61)37(40,41)42)55-33(60)25-29(44)53-31(46)27(39)51-25/h1-6,10-13H,7-9,14-21H2,(H4,43,45,52)(H4,44,46,53)(H3,47,48,54,59)(H2,49,55,56,60). The van der Waals surface area contributed by atoms with Gasteiger partial charge in [0.2, 0.25) is 5.96 Å². The van der Waals surface area contributed by atoms with Crippen LogP contribution in [0, 0.1) is 0 Å². The Morgan fingerprint density at radius 1 is 0.645 bits per heavy atom. The van der Waals surface area contributed by atoms with E-state index in [-0.39, 0.29) is 46.0 Å². The Morgan fingerprint density at radius 2 is 1.08 bits per heavy atom. The average molecular weight is 906 g/mol. The highest BCUT2D eigenvalue weighted by atomic mass is 35.5. The van der Waals surface area contributed by atoms with Gasteiger partial charge in [-0.3, -0.25) is 19.4 Å². The summed E-state index contributed by atoms with van der Waals surface area (Å²) in [5.74, 6) is -6.40. The number of nitrogens with one attached hydrogen (secondary N) is 3. The van der Waals surface area contributed by atoms with Crippen LogP contribution in [0.25, 0.3) is 0 Å². The van der Waals surface area contributed by atoms with Crippen LogP contribution in [0.1, 0.15) is 51.4 Å². The molecule has 20 nitrogen and oxygen atoms in total. The number of guanidine groups is 2.